The number of morpholine rings is 1. The maximum absolute atomic E-state index is 5.79. The van der Waals surface area contributed by atoms with Crippen LogP contribution in [0.4, 0.5) is 0 Å². The van der Waals surface area contributed by atoms with Crippen LogP contribution < -0.4 is 5.32 Å². The highest BCUT2D eigenvalue weighted by molar-refractivity contribution is 7.06. The zero-order valence-corrected chi connectivity index (χ0v) is 11.1. The van der Waals surface area contributed by atoms with Crippen molar-refractivity contribution in [3.05, 3.63) is 6.61 Å². The molecule has 0 atom stereocenters. The van der Waals surface area contributed by atoms with Gasteiger partial charge in [0.1, 0.15) is 0 Å². The molecule has 13 heavy (non-hydrogen) atoms. The van der Waals surface area contributed by atoms with Crippen molar-refractivity contribution >= 4 is 35.7 Å². The lowest BCUT2D eigenvalue weighted by atomic mass is 10.5. The van der Waals surface area contributed by atoms with Crippen LogP contribution in [0.2, 0.25) is 10.6 Å². The highest BCUT2D eigenvalue weighted by Gasteiger charge is 2.04. The molecule has 0 aromatic rings. The van der Waals surface area contributed by atoms with E-state index in [1.807, 2.05) is 0 Å². The first-order chi connectivity index (χ1) is 5.81. The van der Waals surface area contributed by atoms with Gasteiger partial charge in [0.05, 0.1) is 13.2 Å². The minimum atomic E-state index is -0.688. The summed E-state index contributed by atoms with van der Waals surface area (Å²) in [4.78, 5) is 0. The van der Waals surface area contributed by atoms with Crippen molar-refractivity contribution in [2.45, 2.75) is 24.4 Å². The quantitative estimate of drug-likeness (QED) is 0.752. The van der Waals surface area contributed by atoms with Crippen molar-refractivity contribution in [1.29, 1.82) is 0 Å². The van der Waals surface area contributed by atoms with Crippen LogP contribution >= 0.6 is 22.5 Å². The van der Waals surface area contributed by atoms with Crippen molar-refractivity contribution in [3.63, 3.8) is 0 Å². The van der Waals surface area contributed by atoms with Crippen LogP contribution in [-0.4, -0.2) is 32.9 Å². The standard InChI is InChI=1S/C4H8NO.2C2H5.Al.2ClH/c1-3-6-4-2-5-1;2*1-2;;;/h3,5H,1-2,4H2;2*1H2,2H3;;2*1H/q;;;+1;;/p-1. The van der Waals surface area contributed by atoms with Crippen molar-refractivity contribution in [1.82, 2.24) is 5.32 Å². The van der Waals surface area contributed by atoms with E-state index < -0.39 is 13.2 Å². The molecule has 1 fully saturated rings. The van der Waals surface area contributed by atoms with Gasteiger partial charge < -0.3 is 10.1 Å². The Bertz CT molecular complexity index is 78.7. The minimum absolute atomic E-state index is 0. The molecule has 0 amide bonds. The molecule has 5 heteroatoms. The lowest BCUT2D eigenvalue weighted by molar-refractivity contribution is 0.167. The Labute approximate surface area is 96.4 Å². The third-order valence-corrected chi connectivity index (χ3v) is 5.25. The Morgan fingerprint density at radius 1 is 1.46 bits per heavy atom. The smallest absolute Gasteiger partial charge is 0.373 e. The molecule has 1 saturated heterocycles. The highest BCUT2D eigenvalue weighted by atomic mass is 35.6. The van der Waals surface area contributed by atoms with E-state index in [9.17, 15) is 0 Å². The van der Waals surface area contributed by atoms with Crippen molar-refractivity contribution in [2.24, 2.45) is 0 Å². The van der Waals surface area contributed by atoms with E-state index in [4.69, 9.17) is 14.8 Å². The maximum Gasteiger partial charge on any atom is 0.399 e. The predicted molar refractivity (Wildman–Crippen MR) is 62.9 cm³/mol. The summed E-state index contributed by atoms with van der Waals surface area (Å²) in [6.45, 7) is 8.83. The average molecular weight is 243 g/mol. The van der Waals surface area contributed by atoms with Crippen LogP contribution in [0.25, 0.3) is 0 Å². The molecule has 0 spiro atoms. The molecule has 1 heterocycles. The number of hydrogen-bond donors (Lipinski definition) is 1. The van der Waals surface area contributed by atoms with Crippen LogP contribution in [0.15, 0.2) is 0 Å². The van der Waals surface area contributed by atoms with Gasteiger partial charge in [-0.15, -0.1) is 12.4 Å². The van der Waals surface area contributed by atoms with Crippen molar-refractivity contribution < 1.29 is 4.74 Å². The van der Waals surface area contributed by atoms with Gasteiger partial charge in [-0.25, -0.2) is 0 Å². The molecular weight excluding hydrogens is 224 g/mol. The summed E-state index contributed by atoms with van der Waals surface area (Å²) < 4.78 is 4.88. The van der Waals surface area contributed by atoms with Gasteiger partial charge in [0.2, 0.25) is 0 Å². The Morgan fingerprint density at radius 3 is 2.15 bits per heavy atom. The summed E-state index contributed by atoms with van der Waals surface area (Å²) in [5.74, 6) is 0. The Balaban J connectivity index is 0. The molecule has 1 radical (unpaired) electrons. The van der Waals surface area contributed by atoms with E-state index in [0.29, 0.717) is 0 Å². The zero-order chi connectivity index (χ0) is 9.23. The lowest BCUT2D eigenvalue weighted by Crippen LogP contribution is -2.27. The largest absolute Gasteiger partial charge is 0.399 e. The first kappa shape index (κ1) is 16.5. The van der Waals surface area contributed by atoms with Crippen LogP contribution in [-0.2, 0) is 4.74 Å². The Morgan fingerprint density at radius 2 is 2.08 bits per heavy atom. The molecular formula is C8H19AlCl2NO. The van der Waals surface area contributed by atoms with Crippen molar-refractivity contribution in [3.8, 4) is 0 Å². The normalized spacial score (nSPS) is 15.0. The zero-order valence-electron chi connectivity index (χ0n) is 8.38. The summed E-state index contributed by atoms with van der Waals surface area (Å²) in [5.41, 5.74) is 0. The van der Waals surface area contributed by atoms with Crippen LogP contribution in [0.5, 0.6) is 0 Å². The van der Waals surface area contributed by atoms with Gasteiger partial charge in [-0.05, 0) is 0 Å². The van der Waals surface area contributed by atoms with Crippen LogP contribution in [0.1, 0.15) is 13.8 Å². The lowest BCUT2D eigenvalue weighted by Gasteiger charge is -2.09. The van der Waals surface area contributed by atoms with E-state index in [-0.39, 0.29) is 12.4 Å². The number of nitrogens with one attached hydrogen (secondary N) is 1. The molecule has 0 aromatic carbocycles. The molecule has 0 unspecified atom stereocenters. The molecule has 1 aliphatic rings. The van der Waals surface area contributed by atoms with Gasteiger partial charge in [0.15, 0.2) is 0 Å². The molecule has 79 valence electrons. The molecule has 1 rings (SSSR count). The number of rotatable bonds is 2. The van der Waals surface area contributed by atoms with Gasteiger partial charge >= 0.3 is 13.2 Å². The monoisotopic (exact) mass is 242 g/mol. The average Bonchev–Trinajstić information content (AvgIpc) is 2.20. The Kier molecular flexibility index (Phi) is 16.5. The molecule has 0 aromatic heterocycles. The fourth-order valence-electron chi connectivity index (χ4n) is 0.723. The second kappa shape index (κ2) is 13.0. The van der Waals surface area contributed by atoms with E-state index >= 15 is 0 Å². The van der Waals surface area contributed by atoms with E-state index in [1.165, 1.54) is 10.6 Å². The van der Waals surface area contributed by atoms with Gasteiger partial charge in [-0.3, -0.25) is 10.0 Å². The summed E-state index contributed by atoms with van der Waals surface area (Å²) in [6.07, 6.45) is 0. The molecule has 1 aliphatic heterocycles. The van der Waals surface area contributed by atoms with Crippen LogP contribution in [0.3, 0.4) is 0 Å². The first-order valence-electron chi connectivity index (χ1n) is 4.59. The topological polar surface area (TPSA) is 21.3 Å². The summed E-state index contributed by atoms with van der Waals surface area (Å²) in [5, 5.41) is 5.57. The number of hydrogen-bond acceptors (Lipinski definition) is 2. The second-order valence-corrected chi connectivity index (χ2v) is 7.33. The summed E-state index contributed by atoms with van der Waals surface area (Å²) in [7, 11) is 5.79. The predicted octanol–water partition coefficient (Wildman–Crippen LogP) is 2.45. The molecule has 1 N–H and O–H groups in total. The molecule has 0 saturated carbocycles. The Hall–Kier alpha value is 1.03. The fourth-order valence-corrected chi connectivity index (χ4v) is 1.30. The highest BCUT2D eigenvalue weighted by Crippen LogP contribution is 2.00. The van der Waals surface area contributed by atoms with Gasteiger partial charge in [0, 0.05) is 13.1 Å². The van der Waals surface area contributed by atoms with Gasteiger partial charge in [-0.1, -0.05) is 24.4 Å². The second-order valence-electron chi connectivity index (χ2n) is 2.66. The van der Waals surface area contributed by atoms with Gasteiger partial charge in [-0.2, -0.15) is 0 Å². The van der Waals surface area contributed by atoms with E-state index in [1.54, 1.807) is 6.61 Å². The van der Waals surface area contributed by atoms with Crippen molar-refractivity contribution in [2.75, 3.05) is 19.7 Å². The third-order valence-electron chi connectivity index (χ3n) is 1.63. The number of halogens is 2. The first-order valence-corrected chi connectivity index (χ1v) is 7.97. The van der Waals surface area contributed by atoms with E-state index in [2.05, 4.69) is 19.2 Å². The minimum Gasteiger partial charge on any atom is -0.373 e. The summed E-state index contributed by atoms with van der Waals surface area (Å²) >= 11 is -0.688. The third kappa shape index (κ3) is 13.0. The molecule has 0 aliphatic carbocycles. The SMILES string of the molecule is C[CH2][Al]([Cl])[CH2]C.Cl.[CH]1CNCCO1. The molecule has 2 nitrogen and oxygen atoms in total. The molecule has 0 bridgehead atoms. The summed E-state index contributed by atoms with van der Waals surface area (Å²) in [6, 6.07) is 0. The van der Waals surface area contributed by atoms with Crippen LogP contribution in [0, 0.1) is 6.61 Å². The maximum atomic E-state index is 5.79. The van der Waals surface area contributed by atoms with Gasteiger partial charge in [0.25, 0.3) is 0 Å². The number of ether oxygens (including phenoxy) is 1. The fraction of sp³-hybridized carbons (Fsp3) is 0.875. The van der Waals surface area contributed by atoms with E-state index in [0.717, 1.165) is 19.7 Å².